The Bertz CT molecular complexity index is 739. The van der Waals surface area contributed by atoms with Crippen molar-refractivity contribution >= 4 is 5.97 Å². The average Bonchev–Trinajstić information content (AvgIpc) is 2.52. The summed E-state index contributed by atoms with van der Waals surface area (Å²) in [7, 11) is 2.67. The number of carboxylic acids is 1. The van der Waals surface area contributed by atoms with Crippen molar-refractivity contribution in [1.82, 2.24) is 0 Å². The molecule has 23 heavy (non-hydrogen) atoms. The molecule has 0 aromatic heterocycles. The van der Waals surface area contributed by atoms with Crippen molar-refractivity contribution in [1.29, 1.82) is 0 Å². The third-order valence-electron chi connectivity index (χ3n) is 3.27. The summed E-state index contributed by atoms with van der Waals surface area (Å²) < 4.78 is 48.8. The highest BCUT2D eigenvalue weighted by Crippen LogP contribution is 2.39. The molecule has 0 bridgehead atoms. The lowest BCUT2D eigenvalue weighted by Gasteiger charge is -2.15. The van der Waals surface area contributed by atoms with Crippen LogP contribution in [0.4, 0.5) is 13.2 Å². The molecule has 2 rings (SSSR count). The Morgan fingerprint density at radius 2 is 1.70 bits per heavy atom. The Kier molecular flexibility index (Phi) is 4.49. The standard InChI is InChI=1S/C16H13F3O4/c1-22-10-4-5-11(13(8-10)15(20)21)12-7-9(16(17,18)19)3-6-14(12)23-2/h3-8H,1-2H3,(H,20,21). The average molecular weight is 326 g/mol. The minimum absolute atomic E-state index is 0.0439. The summed E-state index contributed by atoms with van der Waals surface area (Å²) >= 11 is 0. The molecule has 122 valence electrons. The summed E-state index contributed by atoms with van der Waals surface area (Å²) in [5.41, 5.74) is -0.911. The predicted molar refractivity (Wildman–Crippen MR) is 76.9 cm³/mol. The smallest absolute Gasteiger partial charge is 0.416 e. The summed E-state index contributed by atoms with van der Waals surface area (Å²) in [6, 6.07) is 7.02. The molecule has 0 amide bonds. The zero-order chi connectivity index (χ0) is 17.2. The van der Waals surface area contributed by atoms with E-state index in [0.717, 1.165) is 18.2 Å². The number of ether oxygens (including phenoxy) is 2. The van der Waals surface area contributed by atoms with Gasteiger partial charge in [-0.1, -0.05) is 0 Å². The number of hydrogen-bond donors (Lipinski definition) is 1. The van der Waals surface area contributed by atoms with Gasteiger partial charge in [0.25, 0.3) is 0 Å². The summed E-state index contributed by atoms with van der Waals surface area (Å²) in [4.78, 5) is 11.4. The van der Waals surface area contributed by atoms with Gasteiger partial charge in [0.15, 0.2) is 0 Å². The number of halogens is 3. The molecule has 0 spiro atoms. The van der Waals surface area contributed by atoms with Gasteiger partial charge in [-0.3, -0.25) is 0 Å². The van der Waals surface area contributed by atoms with Gasteiger partial charge in [-0.25, -0.2) is 4.79 Å². The highest BCUT2D eigenvalue weighted by Gasteiger charge is 2.31. The van der Waals surface area contributed by atoms with Crippen LogP contribution in [0.1, 0.15) is 15.9 Å². The Balaban J connectivity index is 2.72. The van der Waals surface area contributed by atoms with Crippen molar-refractivity contribution in [3.8, 4) is 22.6 Å². The number of aromatic carboxylic acids is 1. The van der Waals surface area contributed by atoms with E-state index in [1.165, 1.54) is 32.4 Å². The SMILES string of the molecule is COc1ccc(-c2cc(C(F)(F)F)ccc2OC)c(C(=O)O)c1. The summed E-state index contributed by atoms with van der Waals surface area (Å²) in [5.74, 6) is -0.846. The number of benzene rings is 2. The van der Waals surface area contributed by atoms with Gasteiger partial charge in [-0.2, -0.15) is 13.2 Å². The number of rotatable bonds is 4. The van der Waals surface area contributed by atoms with Crippen LogP contribution >= 0.6 is 0 Å². The van der Waals surface area contributed by atoms with Crippen LogP contribution in [-0.4, -0.2) is 25.3 Å². The fourth-order valence-electron chi connectivity index (χ4n) is 2.16. The molecule has 2 aromatic rings. The van der Waals surface area contributed by atoms with Crippen molar-refractivity contribution in [2.24, 2.45) is 0 Å². The first kappa shape index (κ1) is 16.7. The van der Waals surface area contributed by atoms with Crippen molar-refractivity contribution in [2.45, 2.75) is 6.18 Å². The Hall–Kier alpha value is -2.70. The molecule has 1 N–H and O–H groups in total. The molecule has 7 heteroatoms. The molecule has 0 saturated heterocycles. The molecular weight excluding hydrogens is 313 g/mol. The van der Waals surface area contributed by atoms with Crippen molar-refractivity contribution < 1.29 is 32.5 Å². The van der Waals surface area contributed by atoms with E-state index in [4.69, 9.17) is 9.47 Å². The summed E-state index contributed by atoms with van der Waals surface area (Å²) in [6.07, 6.45) is -4.54. The number of methoxy groups -OCH3 is 2. The fraction of sp³-hybridized carbons (Fsp3) is 0.188. The molecule has 0 unspecified atom stereocenters. The second-order valence-corrected chi connectivity index (χ2v) is 4.63. The first-order valence-electron chi connectivity index (χ1n) is 6.45. The highest BCUT2D eigenvalue weighted by atomic mass is 19.4. The maximum Gasteiger partial charge on any atom is 0.416 e. The van der Waals surface area contributed by atoms with Crippen LogP contribution in [0.25, 0.3) is 11.1 Å². The lowest BCUT2D eigenvalue weighted by Crippen LogP contribution is -2.06. The topological polar surface area (TPSA) is 55.8 Å². The molecular formula is C16H13F3O4. The Morgan fingerprint density at radius 3 is 2.22 bits per heavy atom. The number of carboxylic acid groups (broad SMARTS) is 1. The van der Waals surface area contributed by atoms with Crippen molar-refractivity contribution in [2.75, 3.05) is 14.2 Å². The molecule has 0 atom stereocenters. The molecule has 0 aliphatic heterocycles. The van der Waals surface area contributed by atoms with Crippen LogP contribution in [-0.2, 0) is 6.18 Å². The van der Waals surface area contributed by atoms with E-state index in [2.05, 4.69) is 0 Å². The predicted octanol–water partition coefficient (Wildman–Crippen LogP) is 4.09. The largest absolute Gasteiger partial charge is 0.497 e. The zero-order valence-corrected chi connectivity index (χ0v) is 12.3. The second-order valence-electron chi connectivity index (χ2n) is 4.63. The van der Waals surface area contributed by atoms with E-state index in [-0.39, 0.29) is 28.2 Å². The van der Waals surface area contributed by atoms with E-state index in [1.807, 2.05) is 0 Å². The quantitative estimate of drug-likeness (QED) is 0.919. The fourth-order valence-corrected chi connectivity index (χ4v) is 2.16. The Labute approximate surface area is 130 Å². The van der Waals surface area contributed by atoms with Gasteiger partial charge >= 0.3 is 12.1 Å². The van der Waals surface area contributed by atoms with Gasteiger partial charge in [0, 0.05) is 11.1 Å². The maximum absolute atomic E-state index is 12.9. The van der Waals surface area contributed by atoms with Crippen LogP contribution in [0.15, 0.2) is 36.4 Å². The van der Waals surface area contributed by atoms with Crippen LogP contribution < -0.4 is 9.47 Å². The number of hydrogen-bond acceptors (Lipinski definition) is 3. The summed E-state index contributed by atoms with van der Waals surface area (Å²) in [6.45, 7) is 0. The first-order chi connectivity index (χ1) is 10.8. The molecule has 0 aliphatic rings. The zero-order valence-electron chi connectivity index (χ0n) is 12.3. The summed E-state index contributed by atoms with van der Waals surface area (Å²) in [5, 5.41) is 9.32. The van der Waals surface area contributed by atoms with Crippen LogP contribution in [0.5, 0.6) is 11.5 Å². The third kappa shape index (κ3) is 3.39. The van der Waals surface area contributed by atoms with Crippen LogP contribution in [0, 0.1) is 0 Å². The van der Waals surface area contributed by atoms with E-state index in [9.17, 15) is 23.1 Å². The molecule has 0 aliphatic carbocycles. The second kappa shape index (κ2) is 6.20. The van der Waals surface area contributed by atoms with Gasteiger partial charge in [0.05, 0.1) is 25.3 Å². The number of carbonyl (C=O) groups is 1. The number of alkyl halides is 3. The van der Waals surface area contributed by atoms with Gasteiger partial charge < -0.3 is 14.6 Å². The van der Waals surface area contributed by atoms with E-state index in [0.29, 0.717) is 0 Å². The van der Waals surface area contributed by atoms with Crippen LogP contribution in [0.2, 0.25) is 0 Å². The van der Waals surface area contributed by atoms with E-state index in [1.54, 1.807) is 0 Å². The molecule has 0 heterocycles. The monoisotopic (exact) mass is 326 g/mol. The lowest BCUT2D eigenvalue weighted by molar-refractivity contribution is -0.137. The van der Waals surface area contributed by atoms with Gasteiger partial charge in [-0.15, -0.1) is 0 Å². The minimum Gasteiger partial charge on any atom is -0.497 e. The van der Waals surface area contributed by atoms with Gasteiger partial charge in [0.1, 0.15) is 11.5 Å². The minimum atomic E-state index is -4.54. The highest BCUT2D eigenvalue weighted by molar-refractivity contribution is 5.97. The first-order valence-corrected chi connectivity index (χ1v) is 6.45. The maximum atomic E-state index is 12.9. The van der Waals surface area contributed by atoms with Crippen molar-refractivity contribution in [3.05, 3.63) is 47.5 Å². The Morgan fingerprint density at radius 1 is 1.00 bits per heavy atom. The van der Waals surface area contributed by atoms with Gasteiger partial charge in [-0.05, 0) is 36.4 Å². The van der Waals surface area contributed by atoms with E-state index < -0.39 is 17.7 Å². The van der Waals surface area contributed by atoms with E-state index >= 15 is 0 Å². The van der Waals surface area contributed by atoms with Gasteiger partial charge in [0.2, 0.25) is 0 Å². The normalized spacial score (nSPS) is 11.2. The van der Waals surface area contributed by atoms with Crippen molar-refractivity contribution in [3.63, 3.8) is 0 Å². The van der Waals surface area contributed by atoms with Crippen LogP contribution in [0.3, 0.4) is 0 Å². The molecule has 0 radical (unpaired) electrons. The lowest BCUT2D eigenvalue weighted by atomic mass is 9.96. The molecule has 2 aromatic carbocycles. The molecule has 4 nitrogen and oxygen atoms in total. The molecule has 0 fully saturated rings. The molecule has 0 saturated carbocycles. The third-order valence-corrected chi connectivity index (χ3v) is 3.27.